The maximum absolute atomic E-state index is 13.6. The van der Waals surface area contributed by atoms with Gasteiger partial charge in [-0.2, -0.15) is 0 Å². The molecule has 0 spiro atoms. The molecule has 1 unspecified atom stereocenters. The topological polar surface area (TPSA) is 45.2 Å². The second-order valence-electron chi connectivity index (χ2n) is 6.33. The van der Waals surface area contributed by atoms with Crippen LogP contribution in [0.25, 0.3) is 0 Å². The number of hydrogen-bond acceptors (Lipinski definition) is 4. The summed E-state index contributed by atoms with van der Waals surface area (Å²) in [5, 5.41) is 5.05. The van der Waals surface area contributed by atoms with Gasteiger partial charge in [0.2, 0.25) is 0 Å². The second kappa shape index (κ2) is 7.99. The Hall–Kier alpha value is -1.21. The molecule has 3 rings (SSSR count). The van der Waals surface area contributed by atoms with Crippen LogP contribution >= 0.6 is 34.5 Å². The predicted molar refractivity (Wildman–Crippen MR) is 100 cm³/mol. The summed E-state index contributed by atoms with van der Waals surface area (Å²) >= 11 is 13.0. The van der Waals surface area contributed by atoms with Crippen molar-refractivity contribution in [2.24, 2.45) is 5.92 Å². The molecule has 25 heavy (non-hydrogen) atoms. The zero-order chi connectivity index (χ0) is 18.0. The van der Waals surface area contributed by atoms with Crippen LogP contribution in [0.5, 0.6) is 0 Å². The Bertz CT molecular complexity index is 783. The van der Waals surface area contributed by atoms with Crippen molar-refractivity contribution in [3.63, 3.8) is 0 Å². The highest BCUT2D eigenvalue weighted by Gasteiger charge is 2.19. The van der Waals surface area contributed by atoms with Crippen molar-refractivity contribution < 1.29 is 9.18 Å². The minimum Gasteiger partial charge on any atom is -0.298 e. The molecule has 2 aromatic rings. The lowest BCUT2D eigenvalue weighted by atomic mass is 10.0. The number of piperidine rings is 1. The van der Waals surface area contributed by atoms with E-state index in [4.69, 9.17) is 23.2 Å². The van der Waals surface area contributed by atoms with Crippen molar-refractivity contribution in [2.75, 3.05) is 18.4 Å². The summed E-state index contributed by atoms with van der Waals surface area (Å²) in [6.07, 6.45) is 2.48. The maximum Gasteiger partial charge on any atom is 0.259 e. The van der Waals surface area contributed by atoms with Gasteiger partial charge < -0.3 is 0 Å². The molecule has 0 bridgehead atoms. The molecule has 134 valence electrons. The number of thiazole rings is 1. The Morgan fingerprint density at radius 3 is 3.00 bits per heavy atom. The van der Waals surface area contributed by atoms with Gasteiger partial charge in [0.1, 0.15) is 5.82 Å². The van der Waals surface area contributed by atoms with Crippen molar-refractivity contribution >= 4 is 45.6 Å². The molecule has 1 aliphatic heterocycles. The normalized spacial score (nSPS) is 18.3. The highest BCUT2D eigenvalue weighted by molar-refractivity contribution is 7.14. The van der Waals surface area contributed by atoms with E-state index < -0.39 is 11.7 Å². The molecule has 4 nitrogen and oxygen atoms in total. The summed E-state index contributed by atoms with van der Waals surface area (Å²) < 4.78 is 13.6. The number of hydrogen-bond donors (Lipinski definition) is 1. The zero-order valence-corrected chi connectivity index (χ0v) is 16.0. The monoisotopic (exact) mass is 401 g/mol. The largest absolute Gasteiger partial charge is 0.298 e. The summed E-state index contributed by atoms with van der Waals surface area (Å²) in [7, 11) is 0. The third-order valence-corrected chi connectivity index (χ3v) is 5.56. The third-order valence-electron chi connectivity index (χ3n) is 4.15. The molecule has 8 heteroatoms. The number of anilines is 1. The molecule has 0 radical (unpaired) electrons. The maximum atomic E-state index is 13.6. The Labute approximate surface area is 160 Å². The molecule has 1 atom stereocenters. The second-order valence-corrected chi connectivity index (χ2v) is 8.00. The van der Waals surface area contributed by atoms with Gasteiger partial charge in [-0.05, 0) is 37.4 Å². The number of carbonyl (C=O) groups is 1. The van der Waals surface area contributed by atoms with E-state index in [0.717, 1.165) is 31.4 Å². The predicted octanol–water partition coefficient (Wildman–Crippen LogP) is 5.07. The van der Waals surface area contributed by atoms with Gasteiger partial charge >= 0.3 is 0 Å². The lowest BCUT2D eigenvalue weighted by molar-refractivity contribution is 0.102. The minimum atomic E-state index is -0.685. The van der Waals surface area contributed by atoms with Gasteiger partial charge in [0.25, 0.3) is 5.91 Å². The number of rotatable bonds is 4. The van der Waals surface area contributed by atoms with Crippen LogP contribution in [0.3, 0.4) is 0 Å². The number of carbonyl (C=O) groups excluding carboxylic acids is 1. The molecular formula is C17H18Cl2FN3OS. The number of likely N-dealkylation sites (tertiary alicyclic amines) is 1. The molecule has 1 aliphatic rings. The molecular weight excluding hydrogens is 384 g/mol. The summed E-state index contributed by atoms with van der Waals surface area (Å²) in [4.78, 5) is 19.1. The molecule has 1 N–H and O–H groups in total. The van der Waals surface area contributed by atoms with Gasteiger partial charge in [-0.25, -0.2) is 9.37 Å². The van der Waals surface area contributed by atoms with Gasteiger partial charge in [-0.3, -0.25) is 15.0 Å². The summed E-state index contributed by atoms with van der Waals surface area (Å²) in [5.41, 5.74) is 0.952. The van der Waals surface area contributed by atoms with Crippen molar-refractivity contribution in [2.45, 2.75) is 26.3 Å². The Morgan fingerprint density at radius 2 is 2.24 bits per heavy atom. The van der Waals surface area contributed by atoms with E-state index >= 15 is 0 Å². The molecule has 0 saturated carbocycles. The van der Waals surface area contributed by atoms with Crippen molar-refractivity contribution in [3.05, 3.63) is 44.6 Å². The van der Waals surface area contributed by atoms with Crippen molar-refractivity contribution in [3.8, 4) is 0 Å². The fourth-order valence-corrected chi connectivity index (χ4v) is 4.12. The first-order chi connectivity index (χ1) is 11.9. The van der Waals surface area contributed by atoms with E-state index in [9.17, 15) is 9.18 Å². The van der Waals surface area contributed by atoms with E-state index in [2.05, 4.69) is 22.1 Å². The molecule has 0 aliphatic carbocycles. The van der Waals surface area contributed by atoms with Gasteiger partial charge in [-0.1, -0.05) is 30.1 Å². The average molecular weight is 402 g/mol. The summed E-state index contributed by atoms with van der Waals surface area (Å²) in [6.45, 7) is 5.17. The van der Waals surface area contributed by atoms with Crippen LogP contribution in [0.1, 0.15) is 35.8 Å². The number of halogens is 3. The summed E-state index contributed by atoms with van der Waals surface area (Å²) in [5.74, 6) is -0.489. The Balaban J connectivity index is 1.65. The smallest absolute Gasteiger partial charge is 0.259 e. The van der Waals surface area contributed by atoms with E-state index in [1.165, 1.54) is 30.2 Å². The molecule has 2 heterocycles. The fraction of sp³-hybridized carbons (Fsp3) is 0.412. The van der Waals surface area contributed by atoms with E-state index in [-0.39, 0.29) is 15.6 Å². The zero-order valence-electron chi connectivity index (χ0n) is 13.7. The first kappa shape index (κ1) is 18.6. The van der Waals surface area contributed by atoms with Gasteiger partial charge in [0.05, 0.1) is 21.3 Å². The SMILES string of the molecule is CC1CCCN(Cc2csc(NC(=O)c3cc(F)c(Cl)cc3Cl)n2)C1. The fourth-order valence-electron chi connectivity index (χ4n) is 2.96. The molecule has 1 fully saturated rings. The van der Waals surface area contributed by atoms with Crippen molar-refractivity contribution in [1.82, 2.24) is 9.88 Å². The minimum absolute atomic E-state index is 0.0326. The van der Waals surface area contributed by atoms with Crippen molar-refractivity contribution in [1.29, 1.82) is 0 Å². The van der Waals surface area contributed by atoms with Gasteiger partial charge in [0.15, 0.2) is 5.13 Å². The number of nitrogens with one attached hydrogen (secondary N) is 1. The van der Waals surface area contributed by atoms with E-state index in [1.54, 1.807) is 0 Å². The Kier molecular flexibility index (Phi) is 5.94. The number of benzene rings is 1. The van der Waals surface area contributed by atoms with Crippen LogP contribution in [-0.2, 0) is 6.54 Å². The van der Waals surface area contributed by atoms with Crippen LogP contribution in [0.15, 0.2) is 17.5 Å². The number of nitrogens with zero attached hydrogens (tertiary/aromatic N) is 2. The summed E-state index contributed by atoms with van der Waals surface area (Å²) in [6, 6.07) is 2.25. The lowest BCUT2D eigenvalue weighted by Gasteiger charge is -2.30. The highest BCUT2D eigenvalue weighted by atomic mass is 35.5. The molecule has 1 saturated heterocycles. The first-order valence-electron chi connectivity index (χ1n) is 8.05. The van der Waals surface area contributed by atoms with Crippen LogP contribution < -0.4 is 5.32 Å². The quantitative estimate of drug-likeness (QED) is 0.726. The van der Waals surface area contributed by atoms with E-state index in [0.29, 0.717) is 11.0 Å². The molecule has 1 amide bonds. The van der Waals surface area contributed by atoms with Crippen LogP contribution in [0, 0.1) is 11.7 Å². The third kappa shape index (κ3) is 4.70. The van der Waals surface area contributed by atoms with Gasteiger partial charge in [-0.15, -0.1) is 11.3 Å². The average Bonchev–Trinajstić information content (AvgIpc) is 2.97. The number of amides is 1. The van der Waals surface area contributed by atoms with Crippen LogP contribution in [0.4, 0.5) is 9.52 Å². The van der Waals surface area contributed by atoms with Crippen LogP contribution in [0.2, 0.25) is 10.0 Å². The van der Waals surface area contributed by atoms with E-state index in [1.807, 2.05) is 5.38 Å². The highest BCUT2D eigenvalue weighted by Crippen LogP contribution is 2.26. The lowest BCUT2D eigenvalue weighted by Crippen LogP contribution is -2.33. The Morgan fingerprint density at radius 1 is 1.44 bits per heavy atom. The molecule has 1 aromatic heterocycles. The van der Waals surface area contributed by atoms with Crippen LogP contribution in [-0.4, -0.2) is 28.9 Å². The van der Waals surface area contributed by atoms with Gasteiger partial charge in [0, 0.05) is 18.5 Å². The molecule has 1 aromatic carbocycles. The standard InChI is InChI=1S/C17H18Cl2FN3OS/c1-10-3-2-4-23(7-10)8-11-9-25-17(21-11)22-16(24)12-5-15(20)14(19)6-13(12)18/h5-6,9-10H,2-4,7-8H2,1H3,(H,21,22,24). The first-order valence-corrected chi connectivity index (χ1v) is 9.68. The number of aromatic nitrogens is 1.